The fourth-order valence-corrected chi connectivity index (χ4v) is 3.46. The molecule has 0 fully saturated rings. The van der Waals surface area contributed by atoms with Crippen LogP contribution in [-0.2, 0) is 13.2 Å². The first-order chi connectivity index (χ1) is 14.5. The Morgan fingerprint density at radius 2 is 1.97 bits per heavy atom. The zero-order valence-corrected chi connectivity index (χ0v) is 17.4. The van der Waals surface area contributed by atoms with Crippen LogP contribution in [0.4, 0.5) is 0 Å². The Morgan fingerprint density at radius 1 is 1.17 bits per heavy atom. The number of carbonyl (C=O) groups excluding carboxylic acids is 1. The number of nitrogens with one attached hydrogen (secondary N) is 1. The van der Waals surface area contributed by atoms with Gasteiger partial charge >= 0.3 is 0 Å². The summed E-state index contributed by atoms with van der Waals surface area (Å²) in [6.07, 6.45) is 1.96. The minimum Gasteiger partial charge on any atom is -0.486 e. The van der Waals surface area contributed by atoms with E-state index in [9.17, 15) is 4.79 Å². The topological polar surface area (TPSA) is 69.3 Å². The molecule has 1 atom stereocenters. The summed E-state index contributed by atoms with van der Waals surface area (Å²) in [7, 11) is 0. The first-order valence-corrected chi connectivity index (χ1v) is 10.1. The predicted octanol–water partition coefficient (Wildman–Crippen LogP) is 5.03. The average Bonchev–Trinajstić information content (AvgIpc) is 3.38. The largest absolute Gasteiger partial charge is 0.486 e. The standard InChI is InChI=1S/C24H25N3O3/c1-4-27-14-22(17(3)26-27)16(2)25-24(28)23-12-11-21(30-23)15-29-20-10-9-18-7-5-6-8-19(18)13-20/h5-14,16H,4,15H2,1-3H3,(H,25,28). The molecule has 0 bridgehead atoms. The Kier molecular flexibility index (Phi) is 5.57. The molecule has 0 saturated heterocycles. The second-order valence-electron chi connectivity index (χ2n) is 7.28. The summed E-state index contributed by atoms with van der Waals surface area (Å²) < 4.78 is 13.4. The molecule has 0 radical (unpaired) electrons. The van der Waals surface area contributed by atoms with Gasteiger partial charge in [-0.05, 0) is 55.8 Å². The molecule has 0 aliphatic carbocycles. The number of amides is 1. The number of nitrogens with zero attached hydrogens (tertiary/aromatic N) is 2. The number of hydrogen-bond acceptors (Lipinski definition) is 4. The Hall–Kier alpha value is -3.54. The maximum Gasteiger partial charge on any atom is 0.287 e. The molecule has 0 aliphatic heterocycles. The van der Waals surface area contributed by atoms with Gasteiger partial charge in [-0.2, -0.15) is 5.10 Å². The maximum atomic E-state index is 12.6. The van der Waals surface area contributed by atoms with E-state index in [1.54, 1.807) is 12.1 Å². The van der Waals surface area contributed by atoms with Crippen LogP contribution in [0.25, 0.3) is 10.8 Å². The van der Waals surface area contributed by atoms with E-state index >= 15 is 0 Å². The summed E-state index contributed by atoms with van der Waals surface area (Å²) in [5.74, 6) is 1.35. The molecular weight excluding hydrogens is 378 g/mol. The van der Waals surface area contributed by atoms with Gasteiger partial charge in [-0.1, -0.05) is 30.3 Å². The lowest BCUT2D eigenvalue weighted by Gasteiger charge is -2.12. The van der Waals surface area contributed by atoms with E-state index in [0.717, 1.165) is 34.3 Å². The van der Waals surface area contributed by atoms with Crippen molar-refractivity contribution in [3.05, 3.63) is 83.6 Å². The van der Waals surface area contributed by atoms with Gasteiger partial charge < -0.3 is 14.5 Å². The van der Waals surface area contributed by atoms with Gasteiger partial charge in [0.2, 0.25) is 0 Å². The van der Waals surface area contributed by atoms with Crippen LogP contribution in [0.5, 0.6) is 5.75 Å². The third-order valence-electron chi connectivity index (χ3n) is 5.11. The molecule has 0 spiro atoms. The number of carbonyl (C=O) groups is 1. The smallest absolute Gasteiger partial charge is 0.287 e. The predicted molar refractivity (Wildman–Crippen MR) is 116 cm³/mol. The van der Waals surface area contributed by atoms with Crippen molar-refractivity contribution in [1.82, 2.24) is 15.1 Å². The lowest BCUT2D eigenvalue weighted by molar-refractivity contribution is 0.0907. The summed E-state index contributed by atoms with van der Waals surface area (Å²) >= 11 is 0. The molecule has 30 heavy (non-hydrogen) atoms. The summed E-state index contributed by atoms with van der Waals surface area (Å²) in [6, 6.07) is 17.3. The molecule has 2 heterocycles. The minimum atomic E-state index is -0.261. The fourth-order valence-electron chi connectivity index (χ4n) is 3.46. The van der Waals surface area contributed by atoms with Crippen molar-refractivity contribution in [3.8, 4) is 5.75 Å². The van der Waals surface area contributed by atoms with Crippen LogP contribution in [0.1, 0.15) is 47.5 Å². The van der Waals surface area contributed by atoms with Crippen LogP contribution >= 0.6 is 0 Å². The Balaban J connectivity index is 1.37. The van der Waals surface area contributed by atoms with Crippen LogP contribution in [0.2, 0.25) is 0 Å². The summed E-state index contributed by atoms with van der Waals surface area (Å²) in [5, 5.41) is 9.68. The van der Waals surface area contributed by atoms with Crippen molar-refractivity contribution in [1.29, 1.82) is 0 Å². The van der Waals surface area contributed by atoms with Crippen LogP contribution in [0, 0.1) is 6.92 Å². The monoisotopic (exact) mass is 403 g/mol. The van der Waals surface area contributed by atoms with Crippen LogP contribution < -0.4 is 10.1 Å². The van der Waals surface area contributed by atoms with Gasteiger partial charge in [0.15, 0.2) is 5.76 Å². The molecule has 6 heteroatoms. The highest BCUT2D eigenvalue weighted by molar-refractivity contribution is 5.91. The number of aryl methyl sites for hydroxylation is 2. The van der Waals surface area contributed by atoms with E-state index < -0.39 is 0 Å². The average molecular weight is 403 g/mol. The third-order valence-corrected chi connectivity index (χ3v) is 5.11. The number of aromatic nitrogens is 2. The quantitative estimate of drug-likeness (QED) is 0.470. The molecule has 0 saturated carbocycles. The molecule has 154 valence electrons. The van der Waals surface area contributed by atoms with Crippen molar-refractivity contribution in [2.75, 3.05) is 0 Å². The van der Waals surface area contributed by atoms with Crippen molar-refractivity contribution < 1.29 is 13.9 Å². The van der Waals surface area contributed by atoms with Gasteiger partial charge in [0.25, 0.3) is 5.91 Å². The van der Waals surface area contributed by atoms with E-state index in [0.29, 0.717) is 5.76 Å². The van der Waals surface area contributed by atoms with Gasteiger partial charge in [-0.3, -0.25) is 9.48 Å². The van der Waals surface area contributed by atoms with Crippen molar-refractivity contribution >= 4 is 16.7 Å². The highest BCUT2D eigenvalue weighted by Crippen LogP contribution is 2.22. The second kappa shape index (κ2) is 8.45. The molecule has 0 aliphatic rings. The Morgan fingerprint density at radius 3 is 2.73 bits per heavy atom. The van der Waals surface area contributed by atoms with Gasteiger partial charge in [0.05, 0.1) is 11.7 Å². The van der Waals surface area contributed by atoms with Gasteiger partial charge in [0.1, 0.15) is 18.1 Å². The first kappa shape index (κ1) is 19.8. The van der Waals surface area contributed by atoms with Crippen LogP contribution in [0.15, 0.2) is 65.2 Å². The van der Waals surface area contributed by atoms with Crippen molar-refractivity contribution in [2.24, 2.45) is 0 Å². The number of benzene rings is 2. The molecule has 4 aromatic rings. The van der Waals surface area contributed by atoms with Crippen LogP contribution in [-0.4, -0.2) is 15.7 Å². The van der Waals surface area contributed by atoms with Gasteiger partial charge in [0, 0.05) is 18.3 Å². The number of furan rings is 1. The Bertz CT molecular complexity index is 1180. The zero-order chi connectivity index (χ0) is 21.1. The highest BCUT2D eigenvalue weighted by Gasteiger charge is 2.18. The first-order valence-electron chi connectivity index (χ1n) is 10.1. The zero-order valence-electron chi connectivity index (χ0n) is 17.4. The minimum absolute atomic E-state index is 0.166. The number of hydrogen-bond donors (Lipinski definition) is 1. The molecule has 2 aromatic carbocycles. The summed E-state index contributed by atoms with van der Waals surface area (Å²) in [5.41, 5.74) is 1.91. The van der Waals surface area contributed by atoms with Crippen LogP contribution in [0.3, 0.4) is 0 Å². The molecule has 6 nitrogen and oxygen atoms in total. The number of fused-ring (bicyclic) bond motifs is 1. The van der Waals surface area contributed by atoms with E-state index in [1.807, 2.05) is 68.0 Å². The van der Waals surface area contributed by atoms with E-state index in [2.05, 4.69) is 16.5 Å². The molecule has 4 rings (SSSR count). The highest BCUT2D eigenvalue weighted by atomic mass is 16.5. The SMILES string of the molecule is CCn1cc(C(C)NC(=O)c2ccc(COc3ccc4ccccc4c3)o2)c(C)n1. The summed E-state index contributed by atoms with van der Waals surface area (Å²) in [4.78, 5) is 12.6. The molecule has 1 amide bonds. The molecule has 1 unspecified atom stereocenters. The molecule has 2 aromatic heterocycles. The fraction of sp³-hybridized carbons (Fsp3) is 0.250. The maximum absolute atomic E-state index is 12.6. The Labute approximate surface area is 175 Å². The van der Waals surface area contributed by atoms with E-state index in [4.69, 9.17) is 9.15 Å². The lowest BCUT2D eigenvalue weighted by atomic mass is 10.1. The van der Waals surface area contributed by atoms with E-state index in [1.165, 1.54) is 0 Å². The summed E-state index contributed by atoms with van der Waals surface area (Å²) in [6.45, 7) is 6.96. The lowest BCUT2D eigenvalue weighted by Crippen LogP contribution is -2.26. The van der Waals surface area contributed by atoms with Crippen molar-refractivity contribution in [3.63, 3.8) is 0 Å². The third kappa shape index (κ3) is 4.22. The molecule has 1 N–H and O–H groups in total. The molecular formula is C24H25N3O3. The normalized spacial score (nSPS) is 12.1. The second-order valence-corrected chi connectivity index (χ2v) is 7.28. The van der Waals surface area contributed by atoms with Crippen molar-refractivity contribution in [2.45, 2.75) is 40.0 Å². The van der Waals surface area contributed by atoms with Gasteiger partial charge in [-0.15, -0.1) is 0 Å². The number of rotatable bonds is 7. The number of ether oxygens (including phenoxy) is 1. The van der Waals surface area contributed by atoms with Gasteiger partial charge in [-0.25, -0.2) is 0 Å². The van der Waals surface area contributed by atoms with E-state index in [-0.39, 0.29) is 24.3 Å².